The highest BCUT2D eigenvalue weighted by molar-refractivity contribution is 7.80. The minimum absolute atomic E-state index is 0.174. The van der Waals surface area contributed by atoms with Crippen LogP contribution in [0.3, 0.4) is 0 Å². The fourth-order valence-corrected chi connectivity index (χ4v) is 4.01. The summed E-state index contributed by atoms with van der Waals surface area (Å²) < 4.78 is 6.21. The summed E-state index contributed by atoms with van der Waals surface area (Å²) in [6.45, 7) is 8.96. The van der Waals surface area contributed by atoms with Gasteiger partial charge in [0.05, 0.1) is 18.7 Å². The van der Waals surface area contributed by atoms with Gasteiger partial charge in [0, 0.05) is 17.4 Å². The van der Waals surface area contributed by atoms with Gasteiger partial charge in [0.25, 0.3) is 0 Å². The Morgan fingerprint density at radius 2 is 2.21 bits per heavy atom. The van der Waals surface area contributed by atoms with E-state index in [9.17, 15) is 4.79 Å². The minimum atomic E-state index is -0.667. The summed E-state index contributed by atoms with van der Waals surface area (Å²) in [4.78, 5) is 16.2. The Morgan fingerprint density at radius 1 is 1.39 bits per heavy atom. The van der Waals surface area contributed by atoms with Crippen LogP contribution in [0, 0.1) is 0 Å². The molecular formula is C21H28N4O2S. The maximum atomic E-state index is 12.6. The van der Waals surface area contributed by atoms with Crippen LogP contribution in [-0.4, -0.2) is 29.2 Å². The lowest BCUT2D eigenvalue weighted by Gasteiger charge is -2.36. The number of rotatable bonds is 6. The molecular weight excluding hydrogens is 372 g/mol. The highest BCUT2D eigenvalue weighted by atomic mass is 32.1. The predicted octanol–water partition coefficient (Wildman–Crippen LogP) is 2.98. The molecule has 7 heteroatoms. The van der Waals surface area contributed by atoms with Crippen LogP contribution < -0.4 is 16.2 Å². The zero-order valence-electron chi connectivity index (χ0n) is 16.5. The number of carbonyl (C=O) groups excluding carboxylic acids is 1. The van der Waals surface area contributed by atoms with Gasteiger partial charge in [-0.1, -0.05) is 38.1 Å². The summed E-state index contributed by atoms with van der Waals surface area (Å²) in [6, 6.07) is 6.40. The third-order valence-corrected chi connectivity index (χ3v) is 5.58. The monoisotopic (exact) mass is 400 g/mol. The molecule has 150 valence electrons. The molecule has 0 fully saturated rings. The number of thiocarbonyl (C=S) groups is 1. The first-order valence-corrected chi connectivity index (χ1v) is 10.2. The number of hydrogen-bond acceptors (Lipinski definition) is 3. The number of nitrogens with one attached hydrogen (secondary N) is 4. The van der Waals surface area contributed by atoms with E-state index in [0.717, 1.165) is 24.1 Å². The molecule has 1 aromatic carbocycles. The average molecular weight is 401 g/mol. The van der Waals surface area contributed by atoms with Crippen LogP contribution in [0.25, 0.3) is 10.9 Å². The molecule has 2 aromatic rings. The quantitative estimate of drug-likeness (QED) is 0.341. The van der Waals surface area contributed by atoms with Crippen molar-refractivity contribution in [3.8, 4) is 0 Å². The lowest BCUT2D eigenvalue weighted by atomic mass is 9.86. The van der Waals surface area contributed by atoms with Gasteiger partial charge in [-0.3, -0.25) is 15.6 Å². The number of aromatic nitrogens is 1. The standard InChI is InChI=1S/C21H28N4O2S/c1-4-11-22-20(28)25-24-17(26)13-21(6-3)19-16(10-12-27-21)15-9-7-8-14(5-2)18(15)23-19/h4,7-9,23H,1,5-6,10-13H2,2-3H3,(H,24,26)(H2,22,25,28). The number of aromatic amines is 1. The first-order valence-electron chi connectivity index (χ1n) is 9.75. The lowest BCUT2D eigenvalue weighted by Crippen LogP contribution is -2.49. The lowest BCUT2D eigenvalue weighted by molar-refractivity contribution is -0.133. The zero-order chi connectivity index (χ0) is 20.1. The Morgan fingerprint density at radius 3 is 2.93 bits per heavy atom. The van der Waals surface area contributed by atoms with Gasteiger partial charge in [0.2, 0.25) is 5.91 Å². The molecule has 0 bridgehead atoms. The number of carbonyl (C=O) groups is 1. The van der Waals surface area contributed by atoms with Gasteiger partial charge in [-0.25, -0.2) is 0 Å². The van der Waals surface area contributed by atoms with Crippen LogP contribution in [0.15, 0.2) is 30.9 Å². The SMILES string of the molecule is C=CCNC(=S)NNC(=O)CC1(CC)OCCc2c1[nH]c1c(CC)cccc21. The normalized spacial score (nSPS) is 18.4. The van der Waals surface area contributed by atoms with Crippen molar-refractivity contribution in [3.63, 3.8) is 0 Å². The van der Waals surface area contributed by atoms with Crippen LogP contribution >= 0.6 is 12.2 Å². The van der Waals surface area contributed by atoms with Crippen LogP contribution in [0.4, 0.5) is 0 Å². The van der Waals surface area contributed by atoms with Gasteiger partial charge in [-0.2, -0.15) is 0 Å². The summed E-state index contributed by atoms with van der Waals surface area (Å²) in [6.07, 6.45) is 4.40. The van der Waals surface area contributed by atoms with Gasteiger partial charge >= 0.3 is 0 Å². The summed E-state index contributed by atoms with van der Waals surface area (Å²) in [5.74, 6) is -0.174. The largest absolute Gasteiger partial charge is 0.368 e. The summed E-state index contributed by atoms with van der Waals surface area (Å²) >= 11 is 5.11. The van der Waals surface area contributed by atoms with E-state index in [1.807, 2.05) is 0 Å². The Balaban J connectivity index is 1.83. The maximum absolute atomic E-state index is 12.6. The smallest absolute Gasteiger partial charge is 0.241 e. The Kier molecular flexibility index (Phi) is 6.36. The second-order valence-electron chi connectivity index (χ2n) is 6.97. The molecule has 6 nitrogen and oxygen atoms in total. The fraction of sp³-hybridized carbons (Fsp3) is 0.429. The number of aryl methyl sites for hydroxylation is 1. The number of H-pyrrole nitrogens is 1. The van der Waals surface area contributed by atoms with E-state index in [1.54, 1.807) is 6.08 Å². The average Bonchev–Trinajstić information content (AvgIpc) is 3.11. The molecule has 1 amide bonds. The molecule has 1 unspecified atom stereocenters. The molecule has 28 heavy (non-hydrogen) atoms. The molecule has 1 atom stereocenters. The number of amides is 1. The van der Waals surface area contributed by atoms with E-state index in [0.29, 0.717) is 24.7 Å². The summed E-state index contributed by atoms with van der Waals surface area (Å²) in [5.41, 5.74) is 9.45. The third kappa shape index (κ3) is 3.91. The maximum Gasteiger partial charge on any atom is 0.241 e. The minimum Gasteiger partial charge on any atom is -0.368 e. The Labute approximate surface area is 171 Å². The van der Waals surface area contributed by atoms with Gasteiger partial charge in [0.1, 0.15) is 5.60 Å². The van der Waals surface area contributed by atoms with E-state index >= 15 is 0 Å². The molecule has 0 aliphatic carbocycles. The predicted molar refractivity (Wildman–Crippen MR) is 116 cm³/mol. The molecule has 1 aromatic heterocycles. The van der Waals surface area contributed by atoms with Crippen molar-refractivity contribution in [3.05, 3.63) is 47.7 Å². The Hall–Kier alpha value is -2.38. The molecule has 0 radical (unpaired) electrons. The number of para-hydroxylation sites is 1. The van der Waals surface area contributed by atoms with Crippen molar-refractivity contribution in [2.45, 2.75) is 45.1 Å². The van der Waals surface area contributed by atoms with Crippen LogP contribution in [0.1, 0.15) is 43.5 Å². The van der Waals surface area contributed by atoms with E-state index < -0.39 is 5.60 Å². The second-order valence-corrected chi connectivity index (χ2v) is 7.38. The molecule has 1 aliphatic heterocycles. The number of benzene rings is 1. The van der Waals surface area contributed by atoms with Gasteiger partial charge in [0.15, 0.2) is 5.11 Å². The van der Waals surface area contributed by atoms with Crippen molar-refractivity contribution >= 4 is 34.1 Å². The molecule has 0 spiro atoms. The van der Waals surface area contributed by atoms with Crippen molar-refractivity contribution in [2.24, 2.45) is 0 Å². The molecule has 0 saturated heterocycles. The van der Waals surface area contributed by atoms with E-state index in [-0.39, 0.29) is 12.3 Å². The highest BCUT2D eigenvalue weighted by Gasteiger charge is 2.40. The van der Waals surface area contributed by atoms with Crippen LogP contribution in [0.5, 0.6) is 0 Å². The number of fused-ring (bicyclic) bond motifs is 3. The first kappa shape index (κ1) is 20.4. The second kappa shape index (κ2) is 8.75. The van der Waals surface area contributed by atoms with Crippen molar-refractivity contribution < 1.29 is 9.53 Å². The van der Waals surface area contributed by atoms with Crippen LogP contribution in [-0.2, 0) is 28.0 Å². The van der Waals surface area contributed by atoms with Gasteiger partial charge in [-0.05, 0) is 42.6 Å². The zero-order valence-corrected chi connectivity index (χ0v) is 17.3. The van der Waals surface area contributed by atoms with E-state index in [4.69, 9.17) is 17.0 Å². The fourth-order valence-electron chi connectivity index (χ4n) is 3.88. The van der Waals surface area contributed by atoms with Crippen molar-refractivity contribution in [2.75, 3.05) is 13.2 Å². The first-order chi connectivity index (χ1) is 13.5. The third-order valence-electron chi connectivity index (χ3n) is 5.33. The van der Waals surface area contributed by atoms with Crippen molar-refractivity contribution in [1.29, 1.82) is 0 Å². The van der Waals surface area contributed by atoms with E-state index in [2.05, 4.69) is 59.8 Å². The number of hydrazine groups is 1. The number of hydrogen-bond donors (Lipinski definition) is 4. The number of ether oxygens (including phenoxy) is 1. The van der Waals surface area contributed by atoms with E-state index in [1.165, 1.54) is 16.5 Å². The van der Waals surface area contributed by atoms with Gasteiger partial charge < -0.3 is 15.0 Å². The highest BCUT2D eigenvalue weighted by Crippen LogP contribution is 2.42. The molecule has 3 rings (SSSR count). The molecule has 1 aliphatic rings. The summed E-state index contributed by atoms with van der Waals surface area (Å²) in [7, 11) is 0. The molecule has 4 N–H and O–H groups in total. The van der Waals surface area contributed by atoms with Crippen LogP contribution in [0.2, 0.25) is 0 Å². The van der Waals surface area contributed by atoms with Crippen molar-refractivity contribution in [1.82, 2.24) is 21.2 Å². The summed E-state index contributed by atoms with van der Waals surface area (Å²) in [5, 5.41) is 4.50. The molecule has 0 saturated carbocycles. The topological polar surface area (TPSA) is 78.2 Å². The molecule has 2 heterocycles. The van der Waals surface area contributed by atoms with Gasteiger partial charge in [-0.15, -0.1) is 6.58 Å². The Bertz CT molecular complexity index is 892.